The van der Waals surface area contributed by atoms with E-state index in [-0.39, 0.29) is 27.4 Å². The van der Waals surface area contributed by atoms with Gasteiger partial charge in [-0.25, -0.2) is 0 Å². The summed E-state index contributed by atoms with van der Waals surface area (Å²) < 4.78 is 0. The van der Waals surface area contributed by atoms with Crippen molar-refractivity contribution in [2.75, 3.05) is 0 Å². The lowest BCUT2D eigenvalue weighted by Gasteiger charge is -2.06. The summed E-state index contributed by atoms with van der Waals surface area (Å²) in [7, 11) is 0. The van der Waals surface area contributed by atoms with Crippen molar-refractivity contribution in [3.05, 3.63) is 74.3 Å². The maximum absolute atomic E-state index is 12.4. The van der Waals surface area contributed by atoms with Crippen LogP contribution in [0.5, 0.6) is 0 Å². The van der Waals surface area contributed by atoms with E-state index >= 15 is 0 Å². The van der Waals surface area contributed by atoms with E-state index in [0.29, 0.717) is 0 Å². The first kappa shape index (κ1) is 14.7. The van der Waals surface area contributed by atoms with Gasteiger partial charge in [0.1, 0.15) is 5.02 Å². The molecular weight excluding hydrogens is 296 g/mol. The Hall–Kier alpha value is -2.73. The molecule has 2 rings (SSSR count). The van der Waals surface area contributed by atoms with Crippen LogP contribution >= 0.6 is 11.6 Å². The molecule has 0 spiro atoms. The summed E-state index contributed by atoms with van der Waals surface area (Å²) in [4.78, 5) is 33.9. The highest BCUT2D eigenvalue weighted by Gasteiger charge is 2.20. The van der Waals surface area contributed by atoms with Gasteiger partial charge in [-0.2, -0.15) is 0 Å². The number of hydrogen-bond donors (Lipinski definition) is 1. The lowest BCUT2D eigenvalue weighted by molar-refractivity contribution is -0.384. The van der Waals surface area contributed by atoms with Gasteiger partial charge in [0.15, 0.2) is 5.78 Å². The zero-order valence-corrected chi connectivity index (χ0v) is 11.3. The van der Waals surface area contributed by atoms with Crippen molar-refractivity contribution < 1.29 is 14.5 Å². The summed E-state index contributed by atoms with van der Waals surface area (Å²) in [6.45, 7) is 0. The molecule has 0 aliphatic heterocycles. The van der Waals surface area contributed by atoms with Gasteiger partial charge in [0.25, 0.3) is 5.69 Å². The van der Waals surface area contributed by atoms with Gasteiger partial charge in [-0.05, 0) is 18.2 Å². The Morgan fingerprint density at radius 3 is 2.29 bits per heavy atom. The minimum absolute atomic E-state index is 0.0554. The molecule has 0 atom stereocenters. The highest BCUT2D eigenvalue weighted by atomic mass is 35.5. The maximum atomic E-state index is 12.4. The van der Waals surface area contributed by atoms with Crippen LogP contribution in [0.2, 0.25) is 5.02 Å². The van der Waals surface area contributed by atoms with Crippen LogP contribution in [0, 0.1) is 10.1 Å². The first-order chi connectivity index (χ1) is 9.91. The molecule has 7 heteroatoms. The third-order valence-corrected chi connectivity index (χ3v) is 3.16. The summed E-state index contributed by atoms with van der Waals surface area (Å²) >= 11 is 5.70. The van der Waals surface area contributed by atoms with Crippen LogP contribution in [0.4, 0.5) is 5.69 Å². The molecule has 6 nitrogen and oxygen atoms in total. The largest absolute Gasteiger partial charge is 0.366 e. The molecule has 1 amide bonds. The van der Waals surface area contributed by atoms with Crippen LogP contribution in [-0.2, 0) is 0 Å². The number of amides is 1. The van der Waals surface area contributed by atoms with E-state index in [9.17, 15) is 19.7 Å². The molecule has 0 unspecified atom stereocenters. The van der Waals surface area contributed by atoms with Crippen molar-refractivity contribution in [2.45, 2.75) is 0 Å². The fraction of sp³-hybridized carbons (Fsp3) is 0. The first-order valence-electron chi connectivity index (χ1n) is 5.79. The fourth-order valence-electron chi connectivity index (χ4n) is 1.85. The lowest BCUT2D eigenvalue weighted by Crippen LogP contribution is -2.16. The van der Waals surface area contributed by atoms with Gasteiger partial charge in [-0.15, -0.1) is 0 Å². The molecule has 2 N–H and O–H groups in total. The van der Waals surface area contributed by atoms with Gasteiger partial charge < -0.3 is 5.73 Å². The lowest BCUT2D eigenvalue weighted by atomic mass is 9.98. The molecule has 2 aromatic carbocycles. The third kappa shape index (κ3) is 2.90. The molecule has 2 aromatic rings. The molecular formula is C14H9ClN2O4. The normalized spacial score (nSPS) is 10.1. The summed E-state index contributed by atoms with van der Waals surface area (Å²) in [6, 6.07) is 9.69. The number of hydrogen-bond acceptors (Lipinski definition) is 4. The predicted octanol–water partition coefficient (Wildman–Crippen LogP) is 2.58. The van der Waals surface area contributed by atoms with E-state index in [1.807, 2.05) is 0 Å². The fourth-order valence-corrected chi connectivity index (χ4v) is 2.03. The molecule has 0 saturated heterocycles. The molecule has 0 aliphatic carbocycles. The molecule has 0 heterocycles. The molecule has 21 heavy (non-hydrogen) atoms. The minimum atomic E-state index is -0.748. The molecule has 0 bridgehead atoms. The quantitative estimate of drug-likeness (QED) is 0.532. The van der Waals surface area contributed by atoms with Crippen LogP contribution < -0.4 is 5.73 Å². The zero-order chi connectivity index (χ0) is 15.6. The van der Waals surface area contributed by atoms with E-state index in [4.69, 9.17) is 17.3 Å². The second-order valence-corrected chi connectivity index (χ2v) is 4.57. The average Bonchev–Trinajstić information content (AvgIpc) is 2.46. The Balaban J connectivity index is 2.53. The Labute approximate surface area is 124 Å². The Morgan fingerprint density at radius 2 is 1.71 bits per heavy atom. The van der Waals surface area contributed by atoms with Crippen LogP contribution in [0.3, 0.4) is 0 Å². The number of halogens is 1. The minimum Gasteiger partial charge on any atom is -0.366 e. The van der Waals surface area contributed by atoms with Crippen LogP contribution in [-0.4, -0.2) is 16.6 Å². The van der Waals surface area contributed by atoms with Crippen molar-refractivity contribution in [1.82, 2.24) is 0 Å². The van der Waals surface area contributed by atoms with Crippen molar-refractivity contribution >= 4 is 29.0 Å². The highest BCUT2D eigenvalue weighted by molar-refractivity contribution is 6.33. The van der Waals surface area contributed by atoms with Crippen LogP contribution in [0.1, 0.15) is 26.3 Å². The number of nitro benzene ring substituents is 1. The van der Waals surface area contributed by atoms with Crippen LogP contribution in [0.15, 0.2) is 42.5 Å². The third-order valence-electron chi connectivity index (χ3n) is 2.84. The Kier molecular flexibility index (Phi) is 4.00. The standard InChI is InChI=1S/C14H9ClN2O4/c15-11-6-5-8(7-12(11)17(20)21)13(18)9-3-1-2-4-10(9)14(16)19/h1-7H,(H2,16,19). The van der Waals surface area contributed by atoms with Crippen molar-refractivity contribution in [1.29, 1.82) is 0 Å². The summed E-state index contributed by atoms with van der Waals surface area (Å²) in [5.74, 6) is -1.29. The maximum Gasteiger partial charge on any atom is 0.288 e. The van der Waals surface area contributed by atoms with Crippen molar-refractivity contribution in [2.24, 2.45) is 5.73 Å². The number of rotatable bonds is 4. The number of ketones is 1. The van der Waals surface area contributed by atoms with Crippen molar-refractivity contribution in [3.8, 4) is 0 Å². The molecule has 106 valence electrons. The zero-order valence-electron chi connectivity index (χ0n) is 10.6. The topological polar surface area (TPSA) is 103 Å². The smallest absolute Gasteiger partial charge is 0.288 e. The average molecular weight is 305 g/mol. The van der Waals surface area contributed by atoms with E-state index in [2.05, 4.69) is 0 Å². The van der Waals surface area contributed by atoms with Crippen molar-refractivity contribution in [3.63, 3.8) is 0 Å². The highest BCUT2D eigenvalue weighted by Crippen LogP contribution is 2.26. The van der Waals surface area contributed by atoms with Gasteiger partial charge in [0, 0.05) is 17.2 Å². The van der Waals surface area contributed by atoms with Crippen LogP contribution in [0.25, 0.3) is 0 Å². The Morgan fingerprint density at radius 1 is 1.10 bits per heavy atom. The van der Waals surface area contributed by atoms with Gasteiger partial charge in [0.2, 0.25) is 5.91 Å². The van der Waals surface area contributed by atoms with Gasteiger partial charge >= 0.3 is 0 Å². The second kappa shape index (κ2) is 5.72. The second-order valence-electron chi connectivity index (χ2n) is 4.16. The molecule has 0 aromatic heterocycles. The molecule has 0 aliphatic rings. The van der Waals surface area contributed by atoms with E-state index in [1.54, 1.807) is 12.1 Å². The summed E-state index contributed by atoms with van der Waals surface area (Å²) in [5.41, 5.74) is 5.03. The van der Waals surface area contributed by atoms with E-state index < -0.39 is 16.6 Å². The number of carbonyl (C=O) groups excluding carboxylic acids is 2. The van der Waals surface area contributed by atoms with Gasteiger partial charge in [-0.3, -0.25) is 19.7 Å². The number of nitrogens with two attached hydrogens (primary N) is 1. The molecule has 0 saturated carbocycles. The van der Waals surface area contributed by atoms with Gasteiger partial charge in [-0.1, -0.05) is 29.8 Å². The number of nitro groups is 1. The van der Waals surface area contributed by atoms with Gasteiger partial charge in [0.05, 0.1) is 10.5 Å². The molecule has 0 radical (unpaired) electrons. The number of carbonyl (C=O) groups is 2. The number of primary amides is 1. The number of benzene rings is 2. The SMILES string of the molecule is NC(=O)c1ccccc1C(=O)c1ccc(Cl)c([N+](=O)[O-])c1. The summed E-state index contributed by atoms with van der Waals surface area (Å²) in [6.07, 6.45) is 0. The molecule has 0 fully saturated rings. The first-order valence-corrected chi connectivity index (χ1v) is 6.17. The monoisotopic (exact) mass is 304 g/mol. The summed E-state index contributed by atoms with van der Waals surface area (Å²) in [5, 5.41) is 10.8. The van der Waals surface area contributed by atoms with E-state index in [1.165, 1.54) is 24.3 Å². The number of nitrogens with zero attached hydrogens (tertiary/aromatic N) is 1. The predicted molar refractivity (Wildman–Crippen MR) is 76.5 cm³/mol. The Bertz CT molecular complexity index is 758. The van der Waals surface area contributed by atoms with E-state index in [0.717, 1.165) is 6.07 Å².